The molecule has 0 aliphatic heterocycles. The van der Waals surface area contributed by atoms with Crippen molar-refractivity contribution >= 4 is 16.7 Å². The first-order chi connectivity index (χ1) is 9.13. The summed E-state index contributed by atoms with van der Waals surface area (Å²) in [6.45, 7) is 0. The molecule has 1 heterocycles. The molecule has 0 unspecified atom stereocenters. The molecule has 3 rings (SSSR count). The van der Waals surface area contributed by atoms with Crippen molar-refractivity contribution in [2.24, 2.45) is 0 Å². The molecule has 0 amide bonds. The number of fused-ring (bicyclic) bond motifs is 1. The second-order valence-corrected chi connectivity index (χ2v) is 4.24. The molecular formula is C15H10FNO2. The van der Waals surface area contributed by atoms with Crippen LogP contribution in [0.1, 0.15) is 0 Å². The largest absolute Gasteiger partial charge is 0.456 e. The molecule has 0 radical (unpaired) electrons. The van der Waals surface area contributed by atoms with Crippen LogP contribution in [0.3, 0.4) is 0 Å². The minimum atomic E-state index is -0.334. The van der Waals surface area contributed by atoms with Gasteiger partial charge in [-0.2, -0.15) is 0 Å². The Morgan fingerprint density at radius 1 is 1.00 bits per heavy atom. The molecule has 2 aromatic carbocycles. The van der Waals surface area contributed by atoms with Crippen LogP contribution in [-0.4, -0.2) is 0 Å². The fourth-order valence-electron chi connectivity index (χ4n) is 1.93. The van der Waals surface area contributed by atoms with E-state index in [0.717, 1.165) is 0 Å². The van der Waals surface area contributed by atoms with Crippen LogP contribution in [0.5, 0.6) is 0 Å². The van der Waals surface area contributed by atoms with Gasteiger partial charge < -0.3 is 10.2 Å². The molecule has 0 bridgehead atoms. The van der Waals surface area contributed by atoms with Gasteiger partial charge in [-0.1, -0.05) is 0 Å². The van der Waals surface area contributed by atoms with Crippen molar-refractivity contribution in [3.8, 4) is 11.3 Å². The maximum atomic E-state index is 12.9. The monoisotopic (exact) mass is 255 g/mol. The Morgan fingerprint density at radius 3 is 2.47 bits per heavy atom. The fourth-order valence-corrected chi connectivity index (χ4v) is 1.93. The Kier molecular flexibility index (Phi) is 2.56. The standard InChI is InChI=1S/C15H10FNO2/c16-10-3-1-9(2-4-10)15-8-13(18)12-7-11(17)5-6-14(12)19-15/h1-8H,17H2. The Morgan fingerprint density at radius 2 is 1.74 bits per heavy atom. The fraction of sp³-hybridized carbons (Fsp3) is 0. The van der Waals surface area contributed by atoms with Crippen LogP contribution in [0, 0.1) is 5.82 Å². The molecule has 0 atom stereocenters. The van der Waals surface area contributed by atoms with Crippen molar-refractivity contribution < 1.29 is 8.81 Å². The minimum Gasteiger partial charge on any atom is -0.456 e. The molecule has 0 saturated carbocycles. The van der Waals surface area contributed by atoms with E-state index in [4.69, 9.17) is 10.2 Å². The van der Waals surface area contributed by atoms with Gasteiger partial charge >= 0.3 is 0 Å². The lowest BCUT2D eigenvalue weighted by Gasteiger charge is -2.03. The molecule has 4 heteroatoms. The molecule has 2 N–H and O–H groups in total. The zero-order valence-electron chi connectivity index (χ0n) is 9.89. The van der Waals surface area contributed by atoms with Crippen molar-refractivity contribution in [3.05, 3.63) is 64.6 Å². The highest BCUT2D eigenvalue weighted by atomic mass is 19.1. The normalized spacial score (nSPS) is 10.8. The third-order valence-electron chi connectivity index (χ3n) is 2.88. The predicted octanol–water partition coefficient (Wildman–Crippen LogP) is 3.18. The van der Waals surface area contributed by atoms with Gasteiger partial charge in [0.25, 0.3) is 0 Å². The zero-order chi connectivity index (χ0) is 13.4. The third-order valence-corrected chi connectivity index (χ3v) is 2.88. The van der Waals surface area contributed by atoms with Crippen LogP contribution in [-0.2, 0) is 0 Å². The summed E-state index contributed by atoms with van der Waals surface area (Å²) in [6.07, 6.45) is 0. The second kappa shape index (κ2) is 4.24. The summed E-state index contributed by atoms with van der Waals surface area (Å²) in [5, 5.41) is 0.436. The summed E-state index contributed by atoms with van der Waals surface area (Å²) in [7, 11) is 0. The van der Waals surface area contributed by atoms with Crippen LogP contribution in [0.2, 0.25) is 0 Å². The lowest BCUT2D eigenvalue weighted by Crippen LogP contribution is -2.01. The number of hydrogen-bond donors (Lipinski definition) is 1. The summed E-state index contributed by atoms with van der Waals surface area (Å²) in [4.78, 5) is 12.0. The number of hydrogen-bond acceptors (Lipinski definition) is 3. The van der Waals surface area contributed by atoms with Crippen molar-refractivity contribution in [2.45, 2.75) is 0 Å². The van der Waals surface area contributed by atoms with Crippen LogP contribution in [0.4, 0.5) is 10.1 Å². The van der Waals surface area contributed by atoms with Crippen LogP contribution in [0.15, 0.2) is 57.7 Å². The first-order valence-electron chi connectivity index (χ1n) is 5.73. The molecule has 3 nitrogen and oxygen atoms in total. The number of anilines is 1. The lowest BCUT2D eigenvalue weighted by molar-refractivity contribution is 0.615. The molecule has 19 heavy (non-hydrogen) atoms. The topological polar surface area (TPSA) is 56.2 Å². The Balaban J connectivity index is 2.24. The maximum absolute atomic E-state index is 12.9. The van der Waals surface area contributed by atoms with Crippen LogP contribution in [0.25, 0.3) is 22.3 Å². The molecule has 0 aliphatic rings. The highest BCUT2D eigenvalue weighted by molar-refractivity contribution is 5.81. The van der Waals surface area contributed by atoms with Gasteiger partial charge in [-0.25, -0.2) is 4.39 Å². The number of nitrogen functional groups attached to an aromatic ring is 1. The van der Waals surface area contributed by atoms with Gasteiger partial charge in [0.1, 0.15) is 17.2 Å². The number of benzene rings is 2. The van der Waals surface area contributed by atoms with Crippen molar-refractivity contribution in [2.75, 3.05) is 5.73 Å². The number of nitrogens with two attached hydrogens (primary N) is 1. The van der Waals surface area contributed by atoms with E-state index in [0.29, 0.717) is 28.0 Å². The van der Waals surface area contributed by atoms with Gasteiger partial charge in [0, 0.05) is 17.3 Å². The summed E-state index contributed by atoms with van der Waals surface area (Å²) >= 11 is 0. The van der Waals surface area contributed by atoms with E-state index in [9.17, 15) is 9.18 Å². The lowest BCUT2D eigenvalue weighted by atomic mass is 10.1. The van der Waals surface area contributed by atoms with E-state index in [1.54, 1.807) is 30.3 Å². The third kappa shape index (κ3) is 2.08. The van der Waals surface area contributed by atoms with Gasteiger partial charge in [0.2, 0.25) is 0 Å². The molecular weight excluding hydrogens is 245 g/mol. The van der Waals surface area contributed by atoms with E-state index in [-0.39, 0.29) is 11.2 Å². The average Bonchev–Trinajstić information content (AvgIpc) is 2.40. The van der Waals surface area contributed by atoms with Crippen molar-refractivity contribution in [1.82, 2.24) is 0 Å². The van der Waals surface area contributed by atoms with E-state index in [2.05, 4.69) is 0 Å². The van der Waals surface area contributed by atoms with Gasteiger partial charge in [0.15, 0.2) is 5.43 Å². The maximum Gasteiger partial charge on any atom is 0.193 e. The molecule has 1 aromatic heterocycles. The number of rotatable bonds is 1. The average molecular weight is 255 g/mol. The summed E-state index contributed by atoms with van der Waals surface area (Å²) in [5.41, 5.74) is 7.08. The van der Waals surface area contributed by atoms with Gasteiger partial charge in [-0.3, -0.25) is 4.79 Å². The summed E-state index contributed by atoms with van der Waals surface area (Å²) in [6, 6.07) is 12.1. The molecule has 0 saturated heterocycles. The Bertz CT molecular complexity index is 806. The van der Waals surface area contributed by atoms with E-state index in [1.165, 1.54) is 18.2 Å². The highest BCUT2D eigenvalue weighted by Crippen LogP contribution is 2.23. The van der Waals surface area contributed by atoms with E-state index >= 15 is 0 Å². The van der Waals surface area contributed by atoms with Gasteiger partial charge in [-0.15, -0.1) is 0 Å². The van der Waals surface area contributed by atoms with Gasteiger partial charge in [-0.05, 0) is 42.5 Å². The first-order valence-corrected chi connectivity index (χ1v) is 5.73. The number of halogens is 1. The molecule has 0 fully saturated rings. The van der Waals surface area contributed by atoms with Crippen LogP contribution >= 0.6 is 0 Å². The Hall–Kier alpha value is -2.62. The van der Waals surface area contributed by atoms with Gasteiger partial charge in [0.05, 0.1) is 5.39 Å². The minimum absolute atomic E-state index is 0.173. The van der Waals surface area contributed by atoms with E-state index in [1.807, 2.05) is 0 Å². The summed E-state index contributed by atoms with van der Waals surface area (Å²) < 4.78 is 18.5. The smallest absolute Gasteiger partial charge is 0.193 e. The second-order valence-electron chi connectivity index (χ2n) is 4.24. The van der Waals surface area contributed by atoms with Crippen LogP contribution < -0.4 is 11.2 Å². The van der Waals surface area contributed by atoms with Crippen molar-refractivity contribution in [3.63, 3.8) is 0 Å². The molecule has 3 aromatic rings. The first kappa shape index (κ1) is 11.5. The quantitative estimate of drug-likeness (QED) is 0.679. The van der Waals surface area contributed by atoms with E-state index < -0.39 is 0 Å². The Labute approximate surface area is 108 Å². The zero-order valence-corrected chi connectivity index (χ0v) is 9.89. The highest BCUT2D eigenvalue weighted by Gasteiger charge is 2.07. The van der Waals surface area contributed by atoms with Crippen molar-refractivity contribution in [1.29, 1.82) is 0 Å². The SMILES string of the molecule is Nc1ccc2oc(-c3ccc(F)cc3)cc(=O)c2c1. The predicted molar refractivity (Wildman–Crippen MR) is 72.3 cm³/mol. The molecule has 0 spiro atoms. The molecule has 0 aliphatic carbocycles. The molecule has 94 valence electrons. The summed E-state index contributed by atoms with van der Waals surface area (Å²) in [5.74, 6) is 0.0712.